The highest BCUT2D eigenvalue weighted by Gasteiger charge is 2.36. The van der Waals surface area contributed by atoms with Crippen LogP contribution in [-0.2, 0) is 22.6 Å². The summed E-state index contributed by atoms with van der Waals surface area (Å²) in [7, 11) is 1.57. The summed E-state index contributed by atoms with van der Waals surface area (Å²) in [6.45, 7) is 5.94. The maximum absolute atomic E-state index is 13.9. The Labute approximate surface area is 230 Å². The summed E-state index contributed by atoms with van der Waals surface area (Å²) in [6.07, 6.45) is 0.803. The maximum atomic E-state index is 13.9. The molecular formula is C31H37N5O3. The Morgan fingerprint density at radius 1 is 1.00 bits per heavy atom. The highest BCUT2D eigenvalue weighted by atomic mass is 16.2. The Bertz CT molecular complexity index is 1350. The molecule has 0 aromatic heterocycles. The zero-order valence-corrected chi connectivity index (χ0v) is 23.0. The number of hydrogen-bond acceptors (Lipinski definition) is 4. The molecule has 2 unspecified atom stereocenters. The van der Waals surface area contributed by atoms with Crippen LogP contribution in [0.1, 0.15) is 38.3 Å². The van der Waals surface area contributed by atoms with Crippen LogP contribution >= 0.6 is 0 Å². The number of hydrogen-bond donors (Lipinski definition) is 4. The summed E-state index contributed by atoms with van der Waals surface area (Å²) < 4.78 is 0. The summed E-state index contributed by atoms with van der Waals surface area (Å²) in [4.78, 5) is 40.3. The van der Waals surface area contributed by atoms with Gasteiger partial charge in [-0.15, -0.1) is 0 Å². The number of fused-ring (bicyclic) bond motifs is 1. The van der Waals surface area contributed by atoms with Crippen LogP contribution in [0.25, 0.3) is 11.1 Å². The van der Waals surface area contributed by atoms with E-state index < -0.39 is 11.6 Å². The van der Waals surface area contributed by atoms with Gasteiger partial charge in [-0.25, -0.2) is 4.79 Å². The van der Waals surface area contributed by atoms with Crippen LogP contribution in [0.3, 0.4) is 0 Å². The van der Waals surface area contributed by atoms with Gasteiger partial charge in [-0.05, 0) is 55.0 Å². The van der Waals surface area contributed by atoms with Gasteiger partial charge in [-0.3, -0.25) is 9.59 Å². The Morgan fingerprint density at radius 2 is 1.67 bits per heavy atom. The zero-order valence-electron chi connectivity index (χ0n) is 23.0. The molecule has 0 saturated heterocycles. The molecule has 0 saturated carbocycles. The van der Waals surface area contributed by atoms with Crippen molar-refractivity contribution < 1.29 is 14.4 Å². The second kappa shape index (κ2) is 11.7. The first-order valence-corrected chi connectivity index (χ1v) is 13.2. The van der Waals surface area contributed by atoms with Crippen molar-refractivity contribution in [2.45, 2.75) is 51.7 Å². The van der Waals surface area contributed by atoms with Gasteiger partial charge in [0.05, 0.1) is 12.2 Å². The number of anilines is 2. The van der Waals surface area contributed by atoms with E-state index in [9.17, 15) is 14.4 Å². The van der Waals surface area contributed by atoms with E-state index in [1.165, 1.54) is 0 Å². The number of rotatable bonds is 7. The molecule has 204 valence electrons. The van der Waals surface area contributed by atoms with E-state index in [2.05, 4.69) is 16.0 Å². The van der Waals surface area contributed by atoms with Crippen molar-refractivity contribution in [1.29, 1.82) is 0 Å². The predicted molar refractivity (Wildman–Crippen MR) is 155 cm³/mol. The fraction of sp³-hybridized carbons (Fsp3) is 0.323. The van der Waals surface area contributed by atoms with Gasteiger partial charge in [0, 0.05) is 30.3 Å². The van der Waals surface area contributed by atoms with Crippen molar-refractivity contribution in [1.82, 2.24) is 10.6 Å². The van der Waals surface area contributed by atoms with Gasteiger partial charge >= 0.3 is 6.03 Å². The molecule has 1 aliphatic heterocycles. The van der Waals surface area contributed by atoms with Crippen LogP contribution in [0.4, 0.5) is 16.2 Å². The van der Waals surface area contributed by atoms with Gasteiger partial charge < -0.3 is 26.6 Å². The molecule has 2 atom stereocenters. The van der Waals surface area contributed by atoms with Crippen molar-refractivity contribution in [2.75, 3.05) is 17.3 Å². The molecule has 3 aromatic carbocycles. The normalized spacial score (nSPS) is 17.2. The number of benzene rings is 3. The molecule has 0 fully saturated rings. The van der Waals surface area contributed by atoms with Gasteiger partial charge in [0.1, 0.15) is 6.04 Å². The average Bonchev–Trinajstić information content (AvgIpc) is 2.98. The monoisotopic (exact) mass is 527 g/mol. The minimum atomic E-state index is -0.667. The Kier molecular flexibility index (Phi) is 8.35. The number of carbonyl (C=O) groups is 3. The van der Waals surface area contributed by atoms with E-state index in [0.717, 1.165) is 27.9 Å². The molecule has 3 aromatic rings. The third-order valence-electron chi connectivity index (χ3n) is 6.87. The molecule has 8 heteroatoms. The van der Waals surface area contributed by atoms with Gasteiger partial charge in [-0.2, -0.15) is 0 Å². The van der Waals surface area contributed by atoms with E-state index in [1.54, 1.807) is 25.8 Å². The summed E-state index contributed by atoms with van der Waals surface area (Å²) in [5.41, 5.74) is 10.8. The minimum Gasteiger partial charge on any atom is -0.344 e. The number of carbonyl (C=O) groups excluding carboxylic acids is 3. The van der Waals surface area contributed by atoms with Gasteiger partial charge in [-0.1, -0.05) is 67.6 Å². The van der Waals surface area contributed by atoms with Crippen molar-refractivity contribution in [3.63, 3.8) is 0 Å². The van der Waals surface area contributed by atoms with E-state index in [-0.39, 0.29) is 30.2 Å². The van der Waals surface area contributed by atoms with Crippen LogP contribution in [0, 0.1) is 5.92 Å². The summed E-state index contributed by atoms with van der Waals surface area (Å²) in [5, 5.41) is 8.40. The molecule has 5 N–H and O–H groups in total. The van der Waals surface area contributed by atoms with Crippen LogP contribution in [0.5, 0.6) is 0 Å². The maximum Gasteiger partial charge on any atom is 0.318 e. The topological polar surface area (TPSA) is 117 Å². The average molecular weight is 528 g/mol. The molecule has 8 nitrogen and oxygen atoms in total. The first kappa shape index (κ1) is 27.9. The van der Waals surface area contributed by atoms with Gasteiger partial charge in [0.15, 0.2) is 0 Å². The first-order valence-electron chi connectivity index (χ1n) is 13.2. The number of amides is 4. The second-order valence-electron chi connectivity index (χ2n) is 10.9. The largest absolute Gasteiger partial charge is 0.344 e. The Morgan fingerprint density at radius 3 is 2.36 bits per heavy atom. The summed E-state index contributed by atoms with van der Waals surface area (Å²) in [5.74, 6) is -0.452. The number of nitrogens with zero attached hydrogens (tertiary/aromatic N) is 1. The predicted octanol–water partition coefficient (Wildman–Crippen LogP) is 4.44. The molecule has 1 heterocycles. The molecule has 4 rings (SSSR count). The second-order valence-corrected chi connectivity index (χ2v) is 10.9. The summed E-state index contributed by atoms with van der Waals surface area (Å²) >= 11 is 0. The van der Waals surface area contributed by atoms with Gasteiger partial charge in [0.25, 0.3) is 0 Å². The smallest absolute Gasteiger partial charge is 0.318 e. The molecule has 4 amide bonds. The fourth-order valence-corrected chi connectivity index (χ4v) is 4.95. The molecule has 1 aliphatic rings. The lowest BCUT2D eigenvalue weighted by Gasteiger charge is -2.29. The Hall–Kier alpha value is -4.17. The number of nitrogens with one attached hydrogen (secondary N) is 3. The van der Waals surface area contributed by atoms with E-state index >= 15 is 0 Å². The third-order valence-corrected chi connectivity index (χ3v) is 6.87. The first-order chi connectivity index (χ1) is 18.6. The quantitative estimate of drug-likeness (QED) is 0.363. The van der Waals surface area contributed by atoms with Crippen molar-refractivity contribution in [3.05, 3.63) is 83.9 Å². The SMILES string of the molecule is CNC(=O)Nc1ccccc1-c1ccc(CN2C(=O)C(NC(=O)CC(C)(C)N)C(C)Cc3ccccc32)cc1. The van der Waals surface area contributed by atoms with Crippen molar-refractivity contribution >= 4 is 29.2 Å². The molecule has 0 aliphatic carbocycles. The molecule has 0 bridgehead atoms. The number of para-hydroxylation sites is 2. The number of nitrogens with two attached hydrogens (primary N) is 1. The number of urea groups is 1. The lowest BCUT2D eigenvalue weighted by Crippen LogP contribution is -2.52. The third kappa shape index (κ3) is 6.83. The minimum absolute atomic E-state index is 0.0832. The highest BCUT2D eigenvalue weighted by molar-refractivity contribution is 6.01. The standard InChI is InChI=1S/C31H37N5O3/c1-20-17-23-9-5-8-12-26(23)36(29(38)28(20)35-27(37)18-31(2,3)32)19-21-13-15-22(16-14-21)24-10-6-7-11-25(24)34-30(39)33-4/h5-16,20,28H,17-19,32H2,1-4H3,(H,35,37)(H2,33,34,39). The van der Waals surface area contributed by atoms with Gasteiger partial charge in [0.2, 0.25) is 11.8 Å². The van der Waals surface area contributed by atoms with Crippen LogP contribution < -0.4 is 26.6 Å². The van der Waals surface area contributed by atoms with Crippen LogP contribution in [0.2, 0.25) is 0 Å². The van der Waals surface area contributed by atoms with E-state index in [1.807, 2.05) is 79.7 Å². The van der Waals surface area contributed by atoms with Crippen LogP contribution in [0.15, 0.2) is 72.8 Å². The van der Waals surface area contributed by atoms with Crippen LogP contribution in [-0.4, -0.2) is 36.5 Å². The van der Waals surface area contributed by atoms with E-state index in [0.29, 0.717) is 18.7 Å². The highest BCUT2D eigenvalue weighted by Crippen LogP contribution is 2.32. The van der Waals surface area contributed by atoms with E-state index in [4.69, 9.17) is 5.73 Å². The lowest BCUT2D eigenvalue weighted by atomic mass is 9.94. The van der Waals surface area contributed by atoms with Crippen molar-refractivity contribution in [2.24, 2.45) is 11.7 Å². The molecule has 39 heavy (non-hydrogen) atoms. The van der Waals surface area contributed by atoms with Crippen molar-refractivity contribution in [3.8, 4) is 11.1 Å². The lowest BCUT2D eigenvalue weighted by molar-refractivity contribution is -0.129. The molecular weight excluding hydrogens is 490 g/mol. The fourth-order valence-electron chi connectivity index (χ4n) is 4.95. The Balaban J connectivity index is 1.60. The summed E-state index contributed by atoms with van der Waals surface area (Å²) in [6, 6.07) is 22.5. The molecule has 0 spiro atoms. The zero-order chi connectivity index (χ0) is 28.2. The molecule has 0 radical (unpaired) electrons.